The van der Waals surface area contributed by atoms with E-state index in [0.29, 0.717) is 42.5 Å². The Labute approximate surface area is 308 Å². The summed E-state index contributed by atoms with van der Waals surface area (Å²) in [5.74, 6) is 2.70. The van der Waals surface area contributed by atoms with Gasteiger partial charge in [0.15, 0.2) is 28.8 Å². The van der Waals surface area contributed by atoms with Gasteiger partial charge in [-0.2, -0.15) is 0 Å². The first-order valence-corrected chi connectivity index (χ1v) is 17.6. The number of aryl methyl sites for hydroxylation is 4. The lowest BCUT2D eigenvalue weighted by Gasteiger charge is -2.34. The maximum Gasteiger partial charge on any atom is 0.238 e. The third-order valence-electron chi connectivity index (χ3n) is 9.00. The summed E-state index contributed by atoms with van der Waals surface area (Å²) in [6.07, 6.45) is -0.272. The summed E-state index contributed by atoms with van der Waals surface area (Å²) in [6, 6.07) is 26.8. The van der Waals surface area contributed by atoms with Crippen LogP contribution < -0.4 is 24.3 Å². The van der Waals surface area contributed by atoms with Crippen LogP contribution in [0.3, 0.4) is 0 Å². The molecule has 52 heavy (non-hydrogen) atoms. The zero-order valence-corrected chi connectivity index (χ0v) is 31.3. The summed E-state index contributed by atoms with van der Waals surface area (Å²) in [5.41, 5.74) is 6.60. The highest BCUT2D eigenvalue weighted by Gasteiger charge is 2.22. The van der Waals surface area contributed by atoms with Crippen molar-refractivity contribution in [3.05, 3.63) is 113 Å². The Balaban J connectivity index is 0.000000244. The van der Waals surface area contributed by atoms with Crippen LogP contribution in [-0.2, 0) is 16.0 Å². The standard InChI is InChI=1S/C25H33N3O2.C17H20O5/c1-18-7-5-8-19(2)23(18)15-22(29)16-27-11-13-28(14-12-27)17-24(30)26-25-20(3)9-6-10-21(25)4;1-19-14-7-3-5-9-16(14)21-11-13(18)12-22-17-10-6-4-8-15(17)20-2/h5-10H,11-17H2,1-4H3,(H,26,30);3-10,13,18H,11-12H2,1-2H3. The van der Waals surface area contributed by atoms with Gasteiger partial charge in [0.2, 0.25) is 5.91 Å². The van der Waals surface area contributed by atoms with Crippen LogP contribution in [0.1, 0.15) is 27.8 Å². The molecule has 1 aliphatic rings. The van der Waals surface area contributed by atoms with Crippen molar-refractivity contribution < 1.29 is 33.6 Å². The largest absolute Gasteiger partial charge is 0.493 e. The molecule has 0 atom stereocenters. The normalized spacial score (nSPS) is 13.2. The lowest BCUT2D eigenvalue weighted by molar-refractivity contribution is -0.121. The molecule has 0 unspecified atom stereocenters. The number of piperazine rings is 1. The van der Waals surface area contributed by atoms with Crippen molar-refractivity contribution in [3.63, 3.8) is 0 Å². The minimum Gasteiger partial charge on any atom is -0.493 e. The van der Waals surface area contributed by atoms with E-state index in [-0.39, 0.29) is 24.9 Å². The molecule has 4 aromatic carbocycles. The topological polar surface area (TPSA) is 110 Å². The van der Waals surface area contributed by atoms with Crippen molar-refractivity contribution in [1.29, 1.82) is 0 Å². The fourth-order valence-electron chi connectivity index (χ4n) is 6.03. The molecular formula is C42H53N3O7. The van der Waals surface area contributed by atoms with Gasteiger partial charge in [-0.25, -0.2) is 0 Å². The lowest BCUT2D eigenvalue weighted by atomic mass is 9.98. The third kappa shape index (κ3) is 12.1. The van der Waals surface area contributed by atoms with Crippen molar-refractivity contribution >= 4 is 17.4 Å². The van der Waals surface area contributed by atoms with Gasteiger partial charge in [-0.15, -0.1) is 0 Å². The molecule has 278 valence electrons. The molecule has 5 rings (SSSR count). The first-order chi connectivity index (χ1) is 25.1. The summed E-state index contributed by atoms with van der Waals surface area (Å²) in [7, 11) is 3.15. The Bertz CT molecular complexity index is 1590. The predicted molar refractivity (Wildman–Crippen MR) is 205 cm³/mol. The van der Waals surface area contributed by atoms with Gasteiger partial charge in [0.25, 0.3) is 0 Å². The number of benzene rings is 4. The third-order valence-corrected chi connectivity index (χ3v) is 9.00. The maximum atomic E-state index is 12.6. The molecule has 1 saturated heterocycles. The van der Waals surface area contributed by atoms with Gasteiger partial charge in [0.05, 0.1) is 27.3 Å². The fourth-order valence-corrected chi connectivity index (χ4v) is 6.03. The average molecular weight is 712 g/mol. The van der Waals surface area contributed by atoms with Crippen LogP contribution in [-0.4, -0.2) is 99.4 Å². The molecule has 0 bridgehead atoms. The van der Waals surface area contributed by atoms with E-state index in [9.17, 15) is 14.7 Å². The Morgan fingerprint density at radius 3 is 1.52 bits per heavy atom. The summed E-state index contributed by atoms with van der Waals surface area (Å²) >= 11 is 0. The van der Waals surface area contributed by atoms with Crippen molar-refractivity contribution in [2.75, 3.05) is 72.0 Å². The number of anilines is 1. The number of carbonyl (C=O) groups is 2. The van der Waals surface area contributed by atoms with Crippen LogP contribution in [0.2, 0.25) is 0 Å². The molecule has 2 N–H and O–H groups in total. The molecule has 1 fully saturated rings. The summed E-state index contributed by atoms with van der Waals surface area (Å²) < 4.78 is 21.5. The van der Waals surface area contributed by atoms with E-state index in [4.69, 9.17) is 18.9 Å². The molecule has 0 saturated carbocycles. The van der Waals surface area contributed by atoms with Crippen LogP contribution in [0.15, 0.2) is 84.9 Å². The molecular weight excluding hydrogens is 658 g/mol. The number of amides is 1. The van der Waals surface area contributed by atoms with Gasteiger partial charge < -0.3 is 29.4 Å². The number of para-hydroxylation sites is 5. The van der Waals surface area contributed by atoms with E-state index >= 15 is 0 Å². The van der Waals surface area contributed by atoms with E-state index in [0.717, 1.165) is 48.6 Å². The van der Waals surface area contributed by atoms with Crippen molar-refractivity contribution in [3.8, 4) is 23.0 Å². The number of ether oxygens (including phenoxy) is 4. The number of rotatable bonds is 15. The SMILES string of the molecule is COc1ccccc1OCC(O)COc1ccccc1OC.Cc1cccc(C)c1CC(=O)CN1CCN(CC(=O)Nc2c(C)cccc2C)CC1. The molecule has 4 aromatic rings. The highest BCUT2D eigenvalue weighted by molar-refractivity contribution is 5.93. The van der Waals surface area contributed by atoms with Gasteiger partial charge in [-0.05, 0) is 79.8 Å². The highest BCUT2D eigenvalue weighted by Crippen LogP contribution is 2.27. The van der Waals surface area contributed by atoms with Crippen molar-refractivity contribution in [2.24, 2.45) is 0 Å². The van der Waals surface area contributed by atoms with Gasteiger partial charge in [-0.1, -0.05) is 60.7 Å². The molecule has 1 amide bonds. The molecule has 0 aliphatic carbocycles. The highest BCUT2D eigenvalue weighted by atomic mass is 16.5. The second-order valence-electron chi connectivity index (χ2n) is 13.0. The van der Waals surface area contributed by atoms with Crippen molar-refractivity contribution in [2.45, 2.75) is 40.2 Å². The fraction of sp³-hybridized carbons (Fsp3) is 0.381. The van der Waals surface area contributed by atoms with E-state index in [1.165, 1.54) is 11.1 Å². The second kappa shape index (κ2) is 20.2. The van der Waals surface area contributed by atoms with E-state index < -0.39 is 6.10 Å². The molecule has 1 aliphatic heterocycles. The minimum absolute atomic E-state index is 0.0203. The number of nitrogens with zero attached hydrogens (tertiary/aromatic N) is 2. The van der Waals surface area contributed by atoms with E-state index in [1.54, 1.807) is 38.5 Å². The van der Waals surface area contributed by atoms with Gasteiger partial charge in [-0.3, -0.25) is 19.4 Å². The number of hydrogen-bond acceptors (Lipinski definition) is 9. The molecule has 1 heterocycles. The number of aliphatic hydroxyl groups is 1. The number of methoxy groups -OCH3 is 2. The Morgan fingerprint density at radius 1 is 0.635 bits per heavy atom. The minimum atomic E-state index is -0.769. The van der Waals surface area contributed by atoms with Crippen LogP contribution in [0.4, 0.5) is 5.69 Å². The summed E-state index contributed by atoms with van der Waals surface area (Å²) in [5, 5.41) is 13.0. The Kier molecular flexibility index (Phi) is 15.5. The molecule has 0 radical (unpaired) electrons. The predicted octanol–water partition coefficient (Wildman–Crippen LogP) is 5.81. The number of ketones is 1. The number of aliphatic hydroxyl groups excluding tert-OH is 1. The second-order valence-corrected chi connectivity index (χ2v) is 13.0. The zero-order chi connectivity index (χ0) is 37.5. The Morgan fingerprint density at radius 2 is 1.06 bits per heavy atom. The molecule has 0 spiro atoms. The van der Waals surface area contributed by atoms with E-state index in [1.807, 2.05) is 62.4 Å². The van der Waals surface area contributed by atoms with Crippen LogP contribution in [0.25, 0.3) is 0 Å². The number of carbonyl (C=O) groups excluding carboxylic acids is 2. The number of nitrogens with one attached hydrogen (secondary N) is 1. The molecule has 10 heteroatoms. The van der Waals surface area contributed by atoms with Gasteiger partial charge in [0, 0.05) is 38.3 Å². The lowest BCUT2D eigenvalue weighted by Crippen LogP contribution is -2.50. The van der Waals surface area contributed by atoms with Crippen LogP contribution in [0.5, 0.6) is 23.0 Å². The Hall–Kier alpha value is -4.90. The first kappa shape index (κ1) is 39.9. The van der Waals surface area contributed by atoms with Gasteiger partial charge >= 0.3 is 0 Å². The molecule has 10 nitrogen and oxygen atoms in total. The summed E-state index contributed by atoms with van der Waals surface area (Å²) in [6.45, 7) is 12.5. The zero-order valence-electron chi connectivity index (χ0n) is 31.3. The maximum absolute atomic E-state index is 12.6. The summed E-state index contributed by atoms with van der Waals surface area (Å²) in [4.78, 5) is 29.4. The average Bonchev–Trinajstić information content (AvgIpc) is 3.14. The number of hydrogen-bond donors (Lipinski definition) is 2. The monoisotopic (exact) mass is 711 g/mol. The number of Topliss-reactive ketones (excluding diaryl/α,β-unsaturated/α-hetero) is 1. The molecule has 0 aromatic heterocycles. The van der Waals surface area contributed by atoms with Crippen LogP contribution in [0, 0.1) is 27.7 Å². The van der Waals surface area contributed by atoms with E-state index in [2.05, 4.69) is 41.1 Å². The smallest absolute Gasteiger partial charge is 0.238 e. The van der Waals surface area contributed by atoms with Gasteiger partial charge in [0.1, 0.15) is 19.3 Å². The van der Waals surface area contributed by atoms with Crippen LogP contribution >= 0.6 is 0 Å². The first-order valence-electron chi connectivity index (χ1n) is 17.6. The quantitative estimate of drug-likeness (QED) is 0.158. The van der Waals surface area contributed by atoms with Crippen molar-refractivity contribution in [1.82, 2.24) is 9.80 Å².